The third-order valence-corrected chi connectivity index (χ3v) is 5.02. The Labute approximate surface area is 140 Å². The largest absolute Gasteiger partial charge is 0.444 e. The van der Waals surface area contributed by atoms with Gasteiger partial charge < -0.3 is 20.1 Å². The summed E-state index contributed by atoms with van der Waals surface area (Å²) in [5.41, 5.74) is -0.303. The maximum absolute atomic E-state index is 11.9. The van der Waals surface area contributed by atoms with E-state index in [-0.39, 0.29) is 11.5 Å². The Balaban J connectivity index is 1.80. The lowest BCUT2D eigenvalue weighted by atomic mass is 9.64. The Morgan fingerprint density at radius 2 is 1.96 bits per heavy atom. The van der Waals surface area contributed by atoms with E-state index in [1.165, 1.54) is 12.8 Å². The van der Waals surface area contributed by atoms with E-state index in [4.69, 9.17) is 9.47 Å². The van der Waals surface area contributed by atoms with Gasteiger partial charge in [0.1, 0.15) is 5.60 Å². The molecule has 0 spiro atoms. The van der Waals surface area contributed by atoms with Crippen molar-refractivity contribution in [3.63, 3.8) is 0 Å². The Morgan fingerprint density at radius 1 is 1.30 bits per heavy atom. The van der Waals surface area contributed by atoms with E-state index in [2.05, 4.69) is 31.4 Å². The monoisotopic (exact) mass is 326 g/mol. The Kier molecular flexibility index (Phi) is 5.62. The molecule has 2 N–H and O–H groups in total. The van der Waals surface area contributed by atoms with Crippen molar-refractivity contribution in [1.29, 1.82) is 0 Å². The fourth-order valence-electron chi connectivity index (χ4n) is 3.28. The second kappa shape index (κ2) is 6.98. The van der Waals surface area contributed by atoms with Gasteiger partial charge in [-0.25, -0.2) is 4.79 Å². The maximum atomic E-state index is 11.9. The van der Waals surface area contributed by atoms with Gasteiger partial charge in [0.05, 0.1) is 6.10 Å². The zero-order chi connectivity index (χ0) is 17.3. The molecular formula is C18H34N2O3. The number of alkyl carbamates (subject to hydrolysis) is 1. The molecule has 0 aliphatic heterocycles. The lowest BCUT2D eigenvalue weighted by molar-refractivity contribution is -0.116. The van der Waals surface area contributed by atoms with E-state index >= 15 is 0 Å². The highest BCUT2D eigenvalue weighted by Gasteiger charge is 2.50. The number of nitrogens with one attached hydrogen (secondary N) is 2. The van der Waals surface area contributed by atoms with Gasteiger partial charge in [0.15, 0.2) is 0 Å². The first-order chi connectivity index (χ1) is 10.6. The molecule has 0 radical (unpaired) electrons. The molecule has 0 bridgehead atoms. The second-order valence-corrected chi connectivity index (χ2v) is 8.55. The summed E-state index contributed by atoms with van der Waals surface area (Å²) in [6.07, 6.45) is 3.55. The highest BCUT2D eigenvalue weighted by molar-refractivity contribution is 5.67. The van der Waals surface area contributed by atoms with Crippen molar-refractivity contribution in [3.8, 4) is 0 Å². The fraction of sp³-hybridized carbons (Fsp3) is 0.944. The molecule has 2 saturated carbocycles. The normalized spacial score (nSPS) is 27.9. The van der Waals surface area contributed by atoms with E-state index in [0.29, 0.717) is 30.7 Å². The molecule has 2 rings (SSSR count). The highest BCUT2D eigenvalue weighted by atomic mass is 16.6. The average Bonchev–Trinajstić information content (AvgIpc) is 3.23. The van der Waals surface area contributed by atoms with Gasteiger partial charge in [-0.05, 0) is 52.9 Å². The van der Waals surface area contributed by atoms with Crippen LogP contribution in [0.1, 0.15) is 60.8 Å². The highest BCUT2D eigenvalue weighted by Crippen LogP contribution is 2.44. The summed E-state index contributed by atoms with van der Waals surface area (Å²) in [4.78, 5) is 11.9. The van der Waals surface area contributed by atoms with Crippen LogP contribution < -0.4 is 10.6 Å². The van der Waals surface area contributed by atoms with Crippen LogP contribution in [0.25, 0.3) is 0 Å². The number of rotatable bonds is 7. The molecule has 1 amide bonds. The van der Waals surface area contributed by atoms with Gasteiger partial charge in [0, 0.05) is 30.7 Å². The number of hydrogen-bond acceptors (Lipinski definition) is 4. The molecule has 2 fully saturated rings. The molecule has 0 aromatic carbocycles. The predicted molar refractivity (Wildman–Crippen MR) is 91.5 cm³/mol. The van der Waals surface area contributed by atoms with Crippen molar-refractivity contribution in [2.24, 2.45) is 11.3 Å². The van der Waals surface area contributed by atoms with Gasteiger partial charge in [-0.2, -0.15) is 0 Å². The van der Waals surface area contributed by atoms with Gasteiger partial charge in [0.25, 0.3) is 0 Å². The minimum Gasteiger partial charge on any atom is -0.444 e. The van der Waals surface area contributed by atoms with Gasteiger partial charge in [-0.1, -0.05) is 13.8 Å². The molecule has 3 atom stereocenters. The van der Waals surface area contributed by atoms with E-state index in [1.807, 2.05) is 20.8 Å². The quantitative estimate of drug-likeness (QED) is 0.755. The SMILES string of the molecule is CCOC1CC(NC(CNC(=O)OC(C)(C)C)C2CC2)C1(C)C. The van der Waals surface area contributed by atoms with Crippen molar-refractivity contribution < 1.29 is 14.3 Å². The van der Waals surface area contributed by atoms with Gasteiger partial charge in [-0.15, -0.1) is 0 Å². The van der Waals surface area contributed by atoms with E-state index in [1.54, 1.807) is 0 Å². The molecule has 0 aromatic rings. The Bertz CT molecular complexity index is 413. The predicted octanol–water partition coefficient (Wildman–Crippen LogP) is 3.08. The summed E-state index contributed by atoms with van der Waals surface area (Å²) in [6.45, 7) is 13.6. The molecule has 2 aliphatic rings. The first-order valence-corrected chi connectivity index (χ1v) is 8.98. The topological polar surface area (TPSA) is 59.6 Å². The third-order valence-electron chi connectivity index (χ3n) is 5.02. The van der Waals surface area contributed by atoms with E-state index in [0.717, 1.165) is 13.0 Å². The molecule has 23 heavy (non-hydrogen) atoms. The summed E-state index contributed by atoms with van der Waals surface area (Å²) in [7, 11) is 0. The molecule has 0 heterocycles. The minimum atomic E-state index is -0.451. The number of hydrogen-bond donors (Lipinski definition) is 2. The van der Waals surface area contributed by atoms with Crippen LogP contribution in [0, 0.1) is 11.3 Å². The van der Waals surface area contributed by atoms with E-state index in [9.17, 15) is 4.79 Å². The van der Waals surface area contributed by atoms with Crippen LogP contribution in [0.2, 0.25) is 0 Å². The summed E-state index contributed by atoms with van der Waals surface area (Å²) >= 11 is 0. The molecule has 134 valence electrons. The van der Waals surface area contributed by atoms with Crippen LogP contribution in [-0.4, -0.2) is 43.0 Å². The van der Waals surface area contributed by atoms with Crippen LogP contribution >= 0.6 is 0 Å². The molecule has 5 nitrogen and oxygen atoms in total. The van der Waals surface area contributed by atoms with Crippen LogP contribution in [-0.2, 0) is 9.47 Å². The van der Waals surface area contributed by atoms with Crippen molar-refractivity contribution in [2.45, 2.75) is 84.6 Å². The Hall–Kier alpha value is -0.810. The number of carbonyl (C=O) groups is 1. The Morgan fingerprint density at radius 3 is 2.43 bits per heavy atom. The smallest absolute Gasteiger partial charge is 0.407 e. The van der Waals surface area contributed by atoms with Crippen molar-refractivity contribution in [3.05, 3.63) is 0 Å². The minimum absolute atomic E-state index is 0.148. The van der Waals surface area contributed by atoms with Crippen molar-refractivity contribution in [1.82, 2.24) is 10.6 Å². The molecule has 3 unspecified atom stereocenters. The lowest BCUT2D eigenvalue weighted by Crippen LogP contribution is -2.64. The van der Waals surface area contributed by atoms with Crippen LogP contribution in [0.4, 0.5) is 4.79 Å². The van der Waals surface area contributed by atoms with Crippen LogP contribution in [0.5, 0.6) is 0 Å². The van der Waals surface area contributed by atoms with Gasteiger partial charge >= 0.3 is 6.09 Å². The zero-order valence-electron chi connectivity index (χ0n) is 15.6. The lowest BCUT2D eigenvalue weighted by Gasteiger charge is -2.53. The maximum Gasteiger partial charge on any atom is 0.407 e. The molecule has 0 saturated heterocycles. The average molecular weight is 326 g/mol. The fourth-order valence-corrected chi connectivity index (χ4v) is 3.28. The molecular weight excluding hydrogens is 292 g/mol. The second-order valence-electron chi connectivity index (χ2n) is 8.55. The zero-order valence-corrected chi connectivity index (χ0v) is 15.6. The van der Waals surface area contributed by atoms with Crippen LogP contribution in [0.3, 0.4) is 0 Å². The van der Waals surface area contributed by atoms with Crippen LogP contribution in [0.15, 0.2) is 0 Å². The molecule has 0 aromatic heterocycles. The number of carbonyl (C=O) groups excluding carboxylic acids is 1. The summed E-state index contributed by atoms with van der Waals surface area (Å²) in [5.74, 6) is 0.673. The number of ether oxygens (including phenoxy) is 2. The summed E-state index contributed by atoms with van der Waals surface area (Å²) in [6, 6.07) is 0.777. The standard InChI is InChI=1S/C18H34N2O3/c1-7-22-15-10-14(18(15,5)6)20-13(12-8-9-12)11-19-16(21)23-17(2,3)4/h12-15,20H,7-11H2,1-6H3,(H,19,21). The molecule has 5 heteroatoms. The molecule has 2 aliphatic carbocycles. The summed E-state index contributed by atoms with van der Waals surface area (Å²) < 4.78 is 11.1. The first kappa shape index (κ1) is 18.5. The number of amides is 1. The van der Waals surface area contributed by atoms with E-state index < -0.39 is 5.60 Å². The summed E-state index contributed by atoms with van der Waals surface area (Å²) in [5, 5.41) is 6.68. The van der Waals surface area contributed by atoms with Crippen molar-refractivity contribution in [2.75, 3.05) is 13.2 Å². The van der Waals surface area contributed by atoms with Gasteiger partial charge in [-0.3, -0.25) is 0 Å². The van der Waals surface area contributed by atoms with Crippen molar-refractivity contribution >= 4 is 6.09 Å². The van der Waals surface area contributed by atoms with Gasteiger partial charge in [0.2, 0.25) is 0 Å². The third kappa shape index (κ3) is 5.08. The first-order valence-electron chi connectivity index (χ1n) is 8.98.